The second kappa shape index (κ2) is 7.25. The molecule has 0 aromatic heterocycles. The first-order chi connectivity index (χ1) is 7.70. The molecule has 0 aliphatic carbocycles. The Morgan fingerprint density at radius 3 is 2.81 bits per heavy atom. The average molecular weight is 228 g/mol. The van der Waals surface area contributed by atoms with E-state index in [-0.39, 0.29) is 0 Å². The number of nitrogens with one attached hydrogen (secondary N) is 1. The summed E-state index contributed by atoms with van der Waals surface area (Å²) in [5.74, 6) is 0. The first-order valence-corrected chi connectivity index (χ1v) is 6.73. The van der Waals surface area contributed by atoms with E-state index in [4.69, 9.17) is 4.74 Å². The summed E-state index contributed by atoms with van der Waals surface area (Å²) in [5, 5.41) is 3.66. The summed E-state index contributed by atoms with van der Waals surface area (Å²) in [6.07, 6.45) is 3.55. The van der Waals surface area contributed by atoms with Gasteiger partial charge in [0.25, 0.3) is 0 Å². The van der Waals surface area contributed by atoms with E-state index in [2.05, 4.69) is 38.0 Å². The van der Waals surface area contributed by atoms with E-state index < -0.39 is 0 Å². The van der Waals surface area contributed by atoms with Gasteiger partial charge in [-0.15, -0.1) is 0 Å². The van der Waals surface area contributed by atoms with Gasteiger partial charge in [-0.05, 0) is 39.8 Å². The molecule has 0 radical (unpaired) electrons. The van der Waals surface area contributed by atoms with E-state index in [0.29, 0.717) is 18.1 Å². The van der Waals surface area contributed by atoms with Gasteiger partial charge in [-0.1, -0.05) is 13.8 Å². The Bertz CT molecular complexity index is 187. The molecule has 3 nitrogen and oxygen atoms in total. The topological polar surface area (TPSA) is 24.5 Å². The third-order valence-electron chi connectivity index (χ3n) is 3.79. The largest absolute Gasteiger partial charge is 0.380 e. The lowest BCUT2D eigenvalue weighted by atomic mass is 10.00. The van der Waals surface area contributed by atoms with Gasteiger partial charge in [0.1, 0.15) is 0 Å². The predicted octanol–water partition coefficient (Wildman–Crippen LogP) is 1.87. The van der Waals surface area contributed by atoms with E-state index in [1.165, 1.54) is 12.8 Å². The molecule has 1 fully saturated rings. The van der Waals surface area contributed by atoms with Crippen LogP contribution >= 0.6 is 0 Å². The first kappa shape index (κ1) is 13.9. The molecule has 1 aliphatic rings. The van der Waals surface area contributed by atoms with Crippen LogP contribution in [0, 0.1) is 0 Å². The van der Waals surface area contributed by atoms with E-state index in [1.54, 1.807) is 0 Å². The summed E-state index contributed by atoms with van der Waals surface area (Å²) in [7, 11) is 2.23. The normalized spacial score (nSPS) is 28.3. The number of hydrogen-bond acceptors (Lipinski definition) is 3. The van der Waals surface area contributed by atoms with Crippen molar-refractivity contribution in [3.8, 4) is 0 Å². The maximum Gasteiger partial charge on any atom is 0.0637 e. The Labute approximate surface area is 101 Å². The maximum absolute atomic E-state index is 5.63. The Kier molecular flexibility index (Phi) is 6.32. The second-order valence-electron chi connectivity index (χ2n) is 4.91. The number of ether oxygens (including phenoxy) is 1. The van der Waals surface area contributed by atoms with Crippen LogP contribution in [0.1, 0.15) is 40.0 Å². The molecule has 0 aromatic rings. The molecule has 1 N–H and O–H groups in total. The van der Waals surface area contributed by atoms with Crippen LogP contribution in [0.15, 0.2) is 0 Å². The molecule has 1 heterocycles. The van der Waals surface area contributed by atoms with Gasteiger partial charge in [0.15, 0.2) is 0 Å². The highest BCUT2D eigenvalue weighted by Gasteiger charge is 2.30. The molecular formula is C13H28N2O. The van der Waals surface area contributed by atoms with E-state index in [1.807, 2.05) is 0 Å². The fourth-order valence-electron chi connectivity index (χ4n) is 2.31. The molecule has 0 saturated carbocycles. The summed E-state index contributed by atoms with van der Waals surface area (Å²) < 4.78 is 5.63. The monoisotopic (exact) mass is 228 g/mol. The molecule has 3 unspecified atom stereocenters. The van der Waals surface area contributed by atoms with Gasteiger partial charge >= 0.3 is 0 Å². The summed E-state index contributed by atoms with van der Waals surface area (Å²) >= 11 is 0. The maximum atomic E-state index is 5.63. The van der Waals surface area contributed by atoms with Gasteiger partial charge in [0, 0.05) is 24.7 Å². The van der Waals surface area contributed by atoms with Crippen LogP contribution in [0.2, 0.25) is 0 Å². The Morgan fingerprint density at radius 2 is 2.19 bits per heavy atom. The van der Waals surface area contributed by atoms with Crippen LogP contribution in [-0.4, -0.2) is 49.8 Å². The van der Waals surface area contributed by atoms with Crippen molar-refractivity contribution in [2.45, 2.75) is 58.2 Å². The van der Waals surface area contributed by atoms with Gasteiger partial charge in [-0.25, -0.2) is 0 Å². The highest BCUT2D eigenvalue weighted by molar-refractivity contribution is 4.87. The lowest BCUT2D eigenvalue weighted by Gasteiger charge is -2.41. The summed E-state index contributed by atoms with van der Waals surface area (Å²) in [5.41, 5.74) is 0. The van der Waals surface area contributed by atoms with Crippen molar-refractivity contribution >= 4 is 0 Å². The Hall–Kier alpha value is -0.120. The fraction of sp³-hybridized carbons (Fsp3) is 1.00. The minimum atomic E-state index is 0.537. The highest BCUT2D eigenvalue weighted by Crippen LogP contribution is 2.16. The van der Waals surface area contributed by atoms with Crippen molar-refractivity contribution in [2.75, 3.05) is 26.8 Å². The summed E-state index contributed by atoms with van der Waals surface area (Å²) in [6.45, 7) is 9.68. The molecule has 0 bridgehead atoms. The number of nitrogens with zero attached hydrogens (tertiary/aromatic N) is 1. The zero-order chi connectivity index (χ0) is 12.0. The highest BCUT2D eigenvalue weighted by atomic mass is 16.5. The smallest absolute Gasteiger partial charge is 0.0637 e. The third-order valence-corrected chi connectivity index (χ3v) is 3.79. The van der Waals surface area contributed by atoms with E-state index in [9.17, 15) is 0 Å². The Balaban J connectivity index is 2.51. The average Bonchev–Trinajstić information content (AvgIpc) is 2.34. The zero-order valence-electron chi connectivity index (χ0n) is 11.3. The van der Waals surface area contributed by atoms with Crippen molar-refractivity contribution < 1.29 is 4.74 Å². The minimum absolute atomic E-state index is 0.537. The second-order valence-corrected chi connectivity index (χ2v) is 4.91. The molecule has 1 rings (SSSR count). The molecule has 0 amide bonds. The van der Waals surface area contributed by atoms with Crippen molar-refractivity contribution in [2.24, 2.45) is 0 Å². The van der Waals surface area contributed by atoms with E-state index >= 15 is 0 Å². The van der Waals surface area contributed by atoms with Gasteiger partial charge in [0.05, 0.1) is 6.61 Å². The molecule has 3 heteroatoms. The molecule has 1 saturated heterocycles. The summed E-state index contributed by atoms with van der Waals surface area (Å²) in [4.78, 5) is 2.48. The van der Waals surface area contributed by atoms with Crippen LogP contribution in [0.3, 0.4) is 0 Å². The lowest BCUT2D eigenvalue weighted by Crippen LogP contribution is -2.56. The SMILES string of the molecule is CCCNC1CCOCC1N(C)C(C)CC. The van der Waals surface area contributed by atoms with Crippen molar-refractivity contribution in [3.63, 3.8) is 0 Å². The number of hydrogen-bond donors (Lipinski definition) is 1. The van der Waals surface area contributed by atoms with Crippen LogP contribution in [-0.2, 0) is 4.74 Å². The molecule has 0 aromatic carbocycles. The van der Waals surface area contributed by atoms with Crippen LogP contribution in [0.5, 0.6) is 0 Å². The third kappa shape index (κ3) is 3.72. The number of rotatable bonds is 6. The predicted molar refractivity (Wildman–Crippen MR) is 68.8 cm³/mol. The van der Waals surface area contributed by atoms with Crippen LogP contribution in [0.4, 0.5) is 0 Å². The molecular weight excluding hydrogens is 200 g/mol. The molecule has 1 aliphatic heterocycles. The molecule has 16 heavy (non-hydrogen) atoms. The van der Waals surface area contributed by atoms with E-state index in [0.717, 1.165) is 26.2 Å². The minimum Gasteiger partial charge on any atom is -0.380 e. The lowest BCUT2D eigenvalue weighted by molar-refractivity contribution is -0.00645. The van der Waals surface area contributed by atoms with Gasteiger partial charge in [-0.2, -0.15) is 0 Å². The van der Waals surface area contributed by atoms with Crippen molar-refractivity contribution in [1.29, 1.82) is 0 Å². The standard InChI is InChI=1S/C13H28N2O/c1-5-8-14-12-7-9-16-10-13(12)15(4)11(3)6-2/h11-14H,5-10H2,1-4H3. The Morgan fingerprint density at radius 1 is 1.44 bits per heavy atom. The molecule has 96 valence electrons. The van der Waals surface area contributed by atoms with Crippen molar-refractivity contribution in [1.82, 2.24) is 10.2 Å². The summed E-state index contributed by atoms with van der Waals surface area (Å²) in [6, 6.07) is 1.78. The number of likely N-dealkylation sites (N-methyl/N-ethyl adjacent to an activating group) is 1. The van der Waals surface area contributed by atoms with Gasteiger partial charge in [-0.3, -0.25) is 4.90 Å². The quantitative estimate of drug-likeness (QED) is 0.751. The fourth-order valence-corrected chi connectivity index (χ4v) is 2.31. The molecule has 0 spiro atoms. The molecule has 3 atom stereocenters. The van der Waals surface area contributed by atoms with Gasteiger partial charge in [0.2, 0.25) is 0 Å². The van der Waals surface area contributed by atoms with Crippen LogP contribution in [0.25, 0.3) is 0 Å². The first-order valence-electron chi connectivity index (χ1n) is 6.73. The van der Waals surface area contributed by atoms with Gasteiger partial charge < -0.3 is 10.1 Å². The van der Waals surface area contributed by atoms with Crippen LogP contribution < -0.4 is 5.32 Å². The zero-order valence-corrected chi connectivity index (χ0v) is 11.3. The van der Waals surface area contributed by atoms with Crippen molar-refractivity contribution in [3.05, 3.63) is 0 Å².